The van der Waals surface area contributed by atoms with Gasteiger partial charge in [0.15, 0.2) is 0 Å². The monoisotopic (exact) mass is 219 g/mol. The van der Waals surface area contributed by atoms with Gasteiger partial charge in [0.2, 0.25) is 0 Å². The molecular weight excluding hydrogens is 198 g/mol. The molecule has 0 bridgehead atoms. The summed E-state index contributed by atoms with van der Waals surface area (Å²) in [6, 6.07) is 6.48. The highest BCUT2D eigenvalue weighted by Crippen LogP contribution is 2.27. The number of aliphatic hydroxyl groups excluding tert-OH is 1. The lowest BCUT2D eigenvalue weighted by atomic mass is 9.97. The number of benzene rings is 1. The summed E-state index contributed by atoms with van der Waals surface area (Å²) in [4.78, 5) is 2.42. The predicted octanol–water partition coefficient (Wildman–Crippen LogP) is 2.51. The Hall–Kier alpha value is -1.02. The predicted molar refractivity (Wildman–Crippen MR) is 67.9 cm³/mol. The SMILES string of the molecule is Cc1cccc(N2CCCC(CO)C2)c1C. The van der Waals surface area contributed by atoms with Crippen LogP contribution in [0.3, 0.4) is 0 Å². The van der Waals surface area contributed by atoms with Crippen LogP contribution in [-0.4, -0.2) is 24.8 Å². The van der Waals surface area contributed by atoms with Crippen LogP contribution in [0.25, 0.3) is 0 Å². The minimum absolute atomic E-state index is 0.321. The van der Waals surface area contributed by atoms with Crippen molar-refractivity contribution in [3.63, 3.8) is 0 Å². The molecule has 2 nitrogen and oxygen atoms in total. The van der Waals surface area contributed by atoms with Crippen LogP contribution in [0.5, 0.6) is 0 Å². The maximum Gasteiger partial charge on any atom is 0.0476 e. The Bertz CT molecular complexity index is 362. The molecule has 0 saturated carbocycles. The second kappa shape index (κ2) is 4.88. The molecule has 1 unspecified atom stereocenters. The molecule has 0 radical (unpaired) electrons. The molecular formula is C14H21NO. The fourth-order valence-electron chi connectivity index (χ4n) is 2.51. The van der Waals surface area contributed by atoms with E-state index in [1.807, 2.05) is 0 Å². The highest BCUT2D eigenvalue weighted by atomic mass is 16.3. The number of aliphatic hydroxyl groups is 1. The van der Waals surface area contributed by atoms with Crippen molar-refractivity contribution in [3.8, 4) is 0 Å². The van der Waals surface area contributed by atoms with Gasteiger partial charge in [0, 0.05) is 25.4 Å². The summed E-state index contributed by atoms with van der Waals surface area (Å²) in [5.74, 6) is 0.452. The van der Waals surface area contributed by atoms with Gasteiger partial charge in [-0.2, -0.15) is 0 Å². The molecule has 1 saturated heterocycles. The van der Waals surface area contributed by atoms with Crippen LogP contribution >= 0.6 is 0 Å². The first kappa shape index (κ1) is 11.5. The Balaban J connectivity index is 2.20. The van der Waals surface area contributed by atoms with Gasteiger partial charge in [-0.3, -0.25) is 0 Å². The molecule has 0 aliphatic carbocycles. The number of hydrogen-bond acceptors (Lipinski definition) is 2. The van der Waals surface area contributed by atoms with Crippen LogP contribution in [0, 0.1) is 19.8 Å². The standard InChI is InChI=1S/C14H21NO/c1-11-5-3-7-14(12(11)2)15-8-4-6-13(9-15)10-16/h3,5,7,13,16H,4,6,8-10H2,1-2H3. The van der Waals surface area contributed by atoms with Crippen molar-refractivity contribution in [2.24, 2.45) is 5.92 Å². The molecule has 16 heavy (non-hydrogen) atoms. The summed E-state index contributed by atoms with van der Waals surface area (Å²) in [5, 5.41) is 9.25. The largest absolute Gasteiger partial charge is 0.396 e. The second-order valence-corrected chi connectivity index (χ2v) is 4.86. The quantitative estimate of drug-likeness (QED) is 0.826. The van der Waals surface area contributed by atoms with E-state index in [2.05, 4.69) is 36.9 Å². The van der Waals surface area contributed by atoms with Gasteiger partial charge in [-0.25, -0.2) is 0 Å². The van der Waals surface area contributed by atoms with Gasteiger partial charge < -0.3 is 10.0 Å². The minimum Gasteiger partial charge on any atom is -0.396 e. The third-order valence-electron chi connectivity index (χ3n) is 3.69. The Kier molecular flexibility index (Phi) is 3.49. The Morgan fingerprint density at radius 3 is 2.94 bits per heavy atom. The van der Waals surface area contributed by atoms with Gasteiger partial charge in [0.25, 0.3) is 0 Å². The fourth-order valence-corrected chi connectivity index (χ4v) is 2.51. The normalized spacial score (nSPS) is 21.2. The molecule has 0 amide bonds. The molecule has 1 atom stereocenters. The Labute approximate surface area is 97.9 Å². The minimum atomic E-state index is 0.321. The van der Waals surface area contributed by atoms with Gasteiger partial charge in [-0.1, -0.05) is 12.1 Å². The third kappa shape index (κ3) is 2.22. The topological polar surface area (TPSA) is 23.5 Å². The summed E-state index contributed by atoms with van der Waals surface area (Å²) in [5.41, 5.74) is 4.07. The number of piperidine rings is 1. The molecule has 1 aromatic rings. The van der Waals surface area contributed by atoms with E-state index in [-0.39, 0.29) is 0 Å². The first-order chi connectivity index (χ1) is 7.72. The average molecular weight is 219 g/mol. The van der Waals surface area contributed by atoms with E-state index >= 15 is 0 Å². The van der Waals surface area contributed by atoms with Crippen molar-refractivity contribution in [1.82, 2.24) is 0 Å². The van der Waals surface area contributed by atoms with Crippen molar-refractivity contribution in [1.29, 1.82) is 0 Å². The zero-order valence-electron chi connectivity index (χ0n) is 10.2. The van der Waals surface area contributed by atoms with Crippen LogP contribution in [0.1, 0.15) is 24.0 Å². The van der Waals surface area contributed by atoms with Gasteiger partial charge in [0.05, 0.1) is 0 Å². The molecule has 88 valence electrons. The lowest BCUT2D eigenvalue weighted by Gasteiger charge is -2.34. The molecule has 1 heterocycles. The fraction of sp³-hybridized carbons (Fsp3) is 0.571. The van der Waals surface area contributed by atoms with Gasteiger partial charge >= 0.3 is 0 Å². The highest BCUT2D eigenvalue weighted by Gasteiger charge is 2.20. The van der Waals surface area contributed by atoms with E-state index in [4.69, 9.17) is 0 Å². The van der Waals surface area contributed by atoms with Crippen molar-refractivity contribution >= 4 is 5.69 Å². The molecule has 1 aliphatic rings. The van der Waals surface area contributed by atoms with Crippen molar-refractivity contribution in [2.45, 2.75) is 26.7 Å². The van der Waals surface area contributed by atoms with Gasteiger partial charge in [-0.15, -0.1) is 0 Å². The number of nitrogens with zero attached hydrogens (tertiary/aromatic N) is 1. The van der Waals surface area contributed by atoms with Crippen LogP contribution in [0.2, 0.25) is 0 Å². The van der Waals surface area contributed by atoms with E-state index in [0.717, 1.165) is 19.5 Å². The number of anilines is 1. The Morgan fingerprint density at radius 2 is 2.19 bits per heavy atom. The summed E-state index contributed by atoms with van der Waals surface area (Å²) >= 11 is 0. The summed E-state index contributed by atoms with van der Waals surface area (Å²) < 4.78 is 0. The molecule has 2 heteroatoms. The summed E-state index contributed by atoms with van der Waals surface area (Å²) in [7, 11) is 0. The van der Waals surface area contributed by atoms with Crippen LogP contribution in [-0.2, 0) is 0 Å². The Morgan fingerprint density at radius 1 is 1.38 bits per heavy atom. The van der Waals surface area contributed by atoms with E-state index in [1.54, 1.807) is 0 Å². The van der Waals surface area contributed by atoms with Crippen LogP contribution in [0.15, 0.2) is 18.2 Å². The number of rotatable bonds is 2. The van der Waals surface area contributed by atoms with E-state index in [0.29, 0.717) is 12.5 Å². The maximum absolute atomic E-state index is 9.25. The van der Waals surface area contributed by atoms with Gasteiger partial charge in [-0.05, 0) is 49.8 Å². The molecule has 1 N–H and O–H groups in total. The van der Waals surface area contributed by atoms with Crippen molar-refractivity contribution < 1.29 is 5.11 Å². The van der Waals surface area contributed by atoms with E-state index in [9.17, 15) is 5.11 Å². The first-order valence-electron chi connectivity index (χ1n) is 6.14. The smallest absolute Gasteiger partial charge is 0.0476 e. The molecule has 1 fully saturated rings. The molecule has 1 aromatic carbocycles. The number of aryl methyl sites for hydroxylation is 1. The van der Waals surface area contributed by atoms with E-state index in [1.165, 1.54) is 23.2 Å². The second-order valence-electron chi connectivity index (χ2n) is 4.86. The summed E-state index contributed by atoms with van der Waals surface area (Å²) in [6.45, 7) is 6.79. The zero-order valence-corrected chi connectivity index (χ0v) is 10.2. The van der Waals surface area contributed by atoms with Crippen LogP contribution in [0.4, 0.5) is 5.69 Å². The average Bonchev–Trinajstić information content (AvgIpc) is 2.33. The van der Waals surface area contributed by atoms with E-state index < -0.39 is 0 Å². The lowest BCUT2D eigenvalue weighted by Crippen LogP contribution is -2.37. The first-order valence-corrected chi connectivity index (χ1v) is 6.14. The number of hydrogen-bond donors (Lipinski definition) is 1. The van der Waals surface area contributed by atoms with Crippen molar-refractivity contribution in [3.05, 3.63) is 29.3 Å². The van der Waals surface area contributed by atoms with Crippen molar-refractivity contribution in [2.75, 3.05) is 24.6 Å². The zero-order chi connectivity index (χ0) is 11.5. The summed E-state index contributed by atoms with van der Waals surface area (Å²) in [6.07, 6.45) is 2.36. The molecule has 0 aromatic heterocycles. The maximum atomic E-state index is 9.25. The van der Waals surface area contributed by atoms with Gasteiger partial charge in [0.1, 0.15) is 0 Å². The molecule has 2 rings (SSSR count). The molecule has 0 spiro atoms. The highest BCUT2D eigenvalue weighted by molar-refractivity contribution is 5.56. The molecule has 1 aliphatic heterocycles. The lowest BCUT2D eigenvalue weighted by molar-refractivity contribution is 0.208. The van der Waals surface area contributed by atoms with Crippen LogP contribution < -0.4 is 4.90 Å². The third-order valence-corrected chi connectivity index (χ3v) is 3.69.